The van der Waals surface area contributed by atoms with Crippen LogP contribution < -0.4 is 4.74 Å². The zero-order valence-electron chi connectivity index (χ0n) is 6.22. The standard InChI is InChI=1S/C7H6F2INO/c1-12-5-2-4(6(8)9)3-11-7(5)10/h2-3,6H,1H3. The molecule has 0 unspecified atom stereocenters. The predicted molar refractivity (Wildman–Crippen MR) is 48.5 cm³/mol. The molecule has 0 spiro atoms. The monoisotopic (exact) mass is 285 g/mol. The Balaban J connectivity index is 3.05. The van der Waals surface area contributed by atoms with E-state index in [2.05, 4.69) is 4.98 Å². The summed E-state index contributed by atoms with van der Waals surface area (Å²) in [5.41, 5.74) is -0.118. The SMILES string of the molecule is COc1cc(C(F)F)cnc1I. The molecule has 66 valence electrons. The molecule has 0 radical (unpaired) electrons. The van der Waals surface area contributed by atoms with E-state index in [0.717, 1.165) is 6.20 Å². The van der Waals surface area contributed by atoms with Gasteiger partial charge in [0.2, 0.25) is 0 Å². The number of methoxy groups -OCH3 is 1. The number of alkyl halides is 2. The lowest BCUT2D eigenvalue weighted by atomic mass is 10.3. The molecule has 0 bridgehead atoms. The molecule has 1 heterocycles. The summed E-state index contributed by atoms with van der Waals surface area (Å²) in [6.45, 7) is 0. The topological polar surface area (TPSA) is 22.1 Å². The Hall–Kier alpha value is -0.460. The van der Waals surface area contributed by atoms with E-state index < -0.39 is 6.43 Å². The van der Waals surface area contributed by atoms with Crippen molar-refractivity contribution in [1.29, 1.82) is 0 Å². The number of hydrogen-bond acceptors (Lipinski definition) is 2. The molecule has 0 atom stereocenters. The molecule has 5 heteroatoms. The molecule has 1 rings (SSSR count). The fourth-order valence-electron chi connectivity index (χ4n) is 0.706. The Morgan fingerprint density at radius 2 is 2.25 bits per heavy atom. The third kappa shape index (κ3) is 2.02. The van der Waals surface area contributed by atoms with Gasteiger partial charge in [-0.15, -0.1) is 0 Å². The van der Waals surface area contributed by atoms with Crippen LogP contribution in [0.15, 0.2) is 12.3 Å². The van der Waals surface area contributed by atoms with Crippen molar-refractivity contribution in [3.8, 4) is 5.75 Å². The third-order valence-corrected chi connectivity index (χ3v) is 2.11. The van der Waals surface area contributed by atoms with E-state index in [0.29, 0.717) is 9.45 Å². The quantitative estimate of drug-likeness (QED) is 0.615. The number of hydrogen-bond donors (Lipinski definition) is 0. The van der Waals surface area contributed by atoms with Crippen molar-refractivity contribution in [1.82, 2.24) is 4.98 Å². The fraction of sp³-hybridized carbons (Fsp3) is 0.286. The van der Waals surface area contributed by atoms with Crippen LogP contribution in [-0.4, -0.2) is 12.1 Å². The Labute approximate surface area is 82.1 Å². The van der Waals surface area contributed by atoms with Crippen molar-refractivity contribution >= 4 is 22.6 Å². The normalized spacial score (nSPS) is 10.4. The molecule has 0 amide bonds. The van der Waals surface area contributed by atoms with Crippen molar-refractivity contribution in [2.24, 2.45) is 0 Å². The maximum atomic E-state index is 12.1. The van der Waals surface area contributed by atoms with Crippen LogP contribution in [0, 0.1) is 3.70 Å². The average Bonchev–Trinajstić information content (AvgIpc) is 2.05. The molecule has 0 fully saturated rings. The summed E-state index contributed by atoms with van der Waals surface area (Å²) in [4.78, 5) is 3.75. The van der Waals surface area contributed by atoms with Gasteiger partial charge in [0.1, 0.15) is 3.70 Å². The Morgan fingerprint density at radius 3 is 2.75 bits per heavy atom. The molecule has 0 saturated carbocycles. The number of pyridine rings is 1. The van der Waals surface area contributed by atoms with Gasteiger partial charge in [-0.1, -0.05) is 0 Å². The number of ether oxygens (including phenoxy) is 1. The van der Waals surface area contributed by atoms with Crippen LogP contribution >= 0.6 is 22.6 Å². The number of aromatic nitrogens is 1. The van der Waals surface area contributed by atoms with Crippen molar-refractivity contribution in [3.63, 3.8) is 0 Å². The summed E-state index contributed by atoms with van der Waals surface area (Å²) >= 11 is 1.92. The molecule has 0 aliphatic rings. The predicted octanol–water partition coefficient (Wildman–Crippen LogP) is 2.63. The minimum Gasteiger partial charge on any atom is -0.494 e. The Kier molecular flexibility index (Phi) is 3.19. The van der Waals surface area contributed by atoms with Crippen molar-refractivity contribution < 1.29 is 13.5 Å². The average molecular weight is 285 g/mol. The molecular weight excluding hydrogens is 279 g/mol. The molecule has 1 aromatic rings. The highest BCUT2D eigenvalue weighted by molar-refractivity contribution is 14.1. The second kappa shape index (κ2) is 3.97. The van der Waals surface area contributed by atoms with Crippen molar-refractivity contribution in [2.75, 3.05) is 7.11 Å². The molecule has 2 nitrogen and oxygen atoms in total. The van der Waals surface area contributed by atoms with Gasteiger partial charge in [0.05, 0.1) is 7.11 Å². The first-order valence-corrected chi connectivity index (χ1v) is 4.20. The molecular formula is C7H6F2INO. The van der Waals surface area contributed by atoms with E-state index in [1.54, 1.807) is 0 Å². The largest absolute Gasteiger partial charge is 0.494 e. The van der Waals surface area contributed by atoms with E-state index in [9.17, 15) is 8.78 Å². The zero-order chi connectivity index (χ0) is 9.14. The minimum absolute atomic E-state index is 0.118. The molecule has 0 aromatic carbocycles. The summed E-state index contributed by atoms with van der Waals surface area (Å²) in [6, 6.07) is 1.29. The molecule has 0 aliphatic heterocycles. The Morgan fingerprint density at radius 1 is 1.58 bits per heavy atom. The first kappa shape index (κ1) is 9.63. The van der Waals surface area contributed by atoms with E-state index in [1.807, 2.05) is 22.6 Å². The van der Waals surface area contributed by atoms with Gasteiger partial charge in [0.15, 0.2) is 5.75 Å². The van der Waals surface area contributed by atoms with Gasteiger partial charge in [-0.3, -0.25) is 0 Å². The number of halogens is 3. The van der Waals surface area contributed by atoms with Crippen LogP contribution in [0.3, 0.4) is 0 Å². The summed E-state index contributed by atoms with van der Waals surface area (Å²) in [7, 11) is 1.43. The van der Waals surface area contributed by atoms with E-state index in [-0.39, 0.29) is 5.56 Å². The van der Waals surface area contributed by atoms with Gasteiger partial charge in [-0.25, -0.2) is 13.8 Å². The molecule has 0 N–H and O–H groups in total. The van der Waals surface area contributed by atoms with Crippen LogP contribution in [0.2, 0.25) is 0 Å². The first-order valence-electron chi connectivity index (χ1n) is 3.12. The van der Waals surface area contributed by atoms with Crippen LogP contribution in [0.25, 0.3) is 0 Å². The van der Waals surface area contributed by atoms with Gasteiger partial charge in [0.25, 0.3) is 6.43 Å². The fourth-order valence-corrected chi connectivity index (χ4v) is 1.22. The smallest absolute Gasteiger partial charge is 0.265 e. The summed E-state index contributed by atoms with van der Waals surface area (Å²) in [6.07, 6.45) is -1.35. The van der Waals surface area contributed by atoms with E-state index >= 15 is 0 Å². The summed E-state index contributed by atoms with van der Waals surface area (Å²) in [5, 5.41) is 0. The second-order valence-electron chi connectivity index (χ2n) is 2.06. The van der Waals surface area contributed by atoms with Gasteiger partial charge in [-0.05, 0) is 28.7 Å². The molecule has 1 aromatic heterocycles. The maximum absolute atomic E-state index is 12.1. The van der Waals surface area contributed by atoms with Gasteiger partial charge in [-0.2, -0.15) is 0 Å². The van der Waals surface area contributed by atoms with Crippen LogP contribution in [0.1, 0.15) is 12.0 Å². The van der Waals surface area contributed by atoms with Crippen LogP contribution in [0.4, 0.5) is 8.78 Å². The highest BCUT2D eigenvalue weighted by Gasteiger charge is 2.10. The third-order valence-electron chi connectivity index (χ3n) is 1.30. The maximum Gasteiger partial charge on any atom is 0.265 e. The van der Waals surface area contributed by atoms with Crippen molar-refractivity contribution in [2.45, 2.75) is 6.43 Å². The lowest BCUT2D eigenvalue weighted by Crippen LogP contribution is -1.93. The van der Waals surface area contributed by atoms with Gasteiger partial charge in [0, 0.05) is 11.8 Å². The summed E-state index contributed by atoms with van der Waals surface area (Å²) < 4.78 is 29.6. The lowest BCUT2D eigenvalue weighted by Gasteiger charge is -2.04. The molecule has 0 aliphatic carbocycles. The lowest BCUT2D eigenvalue weighted by molar-refractivity contribution is 0.150. The van der Waals surface area contributed by atoms with Crippen LogP contribution in [-0.2, 0) is 0 Å². The minimum atomic E-state index is -2.50. The number of nitrogens with zero attached hydrogens (tertiary/aromatic N) is 1. The van der Waals surface area contributed by atoms with Gasteiger partial charge >= 0.3 is 0 Å². The first-order chi connectivity index (χ1) is 5.65. The summed E-state index contributed by atoms with van der Waals surface area (Å²) in [5.74, 6) is 0.383. The van der Waals surface area contributed by atoms with E-state index in [4.69, 9.17) is 4.74 Å². The van der Waals surface area contributed by atoms with Crippen LogP contribution in [0.5, 0.6) is 5.75 Å². The highest BCUT2D eigenvalue weighted by Crippen LogP contribution is 2.25. The van der Waals surface area contributed by atoms with Crippen molar-refractivity contribution in [3.05, 3.63) is 21.5 Å². The molecule has 0 saturated heterocycles. The second-order valence-corrected chi connectivity index (χ2v) is 3.08. The van der Waals surface area contributed by atoms with Gasteiger partial charge < -0.3 is 4.74 Å². The Bertz CT molecular complexity index is 280. The molecule has 12 heavy (non-hydrogen) atoms. The van der Waals surface area contributed by atoms with E-state index in [1.165, 1.54) is 13.2 Å². The number of rotatable bonds is 2. The highest BCUT2D eigenvalue weighted by atomic mass is 127. The zero-order valence-corrected chi connectivity index (χ0v) is 8.38.